The van der Waals surface area contributed by atoms with Crippen molar-refractivity contribution in [3.05, 3.63) is 30.5 Å². The van der Waals surface area contributed by atoms with E-state index in [4.69, 9.17) is 10.2 Å². The fourth-order valence-corrected chi connectivity index (χ4v) is 2.40. The minimum atomic E-state index is -0.361. The van der Waals surface area contributed by atoms with Crippen molar-refractivity contribution >= 4 is 17.7 Å². The lowest BCUT2D eigenvalue weighted by atomic mass is 10.3. The van der Waals surface area contributed by atoms with Gasteiger partial charge in [-0.2, -0.15) is 0 Å². The minimum absolute atomic E-state index is 0.229. The third-order valence-corrected chi connectivity index (χ3v) is 3.69. The third-order valence-electron chi connectivity index (χ3n) is 2.49. The topological polar surface area (TPSA) is 86.9 Å². The van der Waals surface area contributed by atoms with Crippen LogP contribution in [-0.4, -0.2) is 26.4 Å². The van der Waals surface area contributed by atoms with Gasteiger partial charge in [0, 0.05) is 18.7 Å². The summed E-state index contributed by atoms with van der Waals surface area (Å²) < 4.78 is 7.18. The van der Waals surface area contributed by atoms with Gasteiger partial charge in [0.25, 0.3) is 0 Å². The minimum Gasteiger partial charge on any atom is -0.461 e. The van der Waals surface area contributed by atoms with Crippen LogP contribution >= 0.6 is 11.8 Å². The fraction of sp³-hybridized carbons (Fsp3) is 0.308. The van der Waals surface area contributed by atoms with Gasteiger partial charge in [-0.3, -0.25) is 9.36 Å². The summed E-state index contributed by atoms with van der Waals surface area (Å²) in [6.07, 6.45) is 1.80. The molecule has 2 heterocycles. The van der Waals surface area contributed by atoms with Crippen molar-refractivity contribution in [3.8, 4) is 11.6 Å². The number of rotatable bonds is 7. The van der Waals surface area contributed by atoms with Gasteiger partial charge in [0.05, 0.1) is 6.26 Å². The first kappa shape index (κ1) is 14.4. The van der Waals surface area contributed by atoms with Crippen LogP contribution in [0.25, 0.3) is 11.6 Å². The zero-order valence-corrected chi connectivity index (χ0v) is 12.0. The van der Waals surface area contributed by atoms with Gasteiger partial charge in [-0.05, 0) is 19.1 Å². The number of nitrogens with two attached hydrogens (primary N) is 1. The molecule has 2 rings (SSSR count). The van der Waals surface area contributed by atoms with Crippen molar-refractivity contribution in [1.29, 1.82) is 0 Å². The molecule has 7 heteroatoms. The summed E-state index contributed by atoms with van der Waals surface area (Å²) in [5.74, 6) is 1.59. The molecule has 0 aliphatic heterocycles. The van der Waals surface area contributed by atoms with Gasteiger partial charge in [-0.15, -0.1) is 10.2 Å². The summed E-state index contributed by atoms with van der Waals surface area (Å²) in [4.78, 5) is 11.0. The Labute approximate surface area is 121 Å². The number of furan rings is 1. The van der Waals surface area contributed by atoms with Crippen LogP contribution in [0.3, 0.4) is 0 Å². The molecule has 0 radical (unpaired) electrons. The van der Waals surface area contributed by atoms with Gasteiger partial charge in [0.15, 0.2) is 16.7 Å². The van der Waals surface area contributed by atoms with Gasteiger partial charge in [0.1, 0.15) is 0 Å². The normalized spacial score (nSPS) is 10.7. The van der Waals surface area contributed by atoms with Crippen molar-refractivity contribution in [3.63, 3.8) is 0 Å². The molecule has 0 saturated carbocycles. The molecule has 0 spiro atoms. The van der Waals surface area contributed by atoms with Crippen LogP contribution in [0.5, 0.6) is 0 Å². The van der Waals surface area contributed by atoms with Gasteiger partial charge in [-0.25, -0.2) is 0 Å². The van der Waals surface area contributed by atoms with E-state index in [0.717, 1.165) is 16.5 Å². The average Bonchev–Trinajstić information content (AvgIpc) is 3.02. The first-order valence-electron chi connectivity index (χ1n) is 6.10. The molecule has 20 heavy (non-hydrogen) atoms. The van der Waals surface area contributed by atoms with Crippen LogP contribution < -0.4 is 5.73 Å². The van der Waals surface area contributed by atoms with Gasteiger partial charge < -0.3 is 10.2 Å². The summed E-state index contributed by atoms with van der Waals surface area (Å²) in [7, 11) is 0. The number of thioether (sulfide) groups is 1. The number of carbonyl (C=O) groups is 1. The zero-order valence-electron chi connectivity index (χ0n) is 11.2. The molecule has 0 aromatic carbocycles. The molecular formula is C13H16N4O2S. The Morgan fingerprint density at radius 3 is 2.95 bits per heavy atom. The largest absolute Gasteiger partial charge is 0.461 e. The molecule has 2 aromatic rings. The summed E-state index contributed by atoms with van der Waals surface area (Å²) >= 11 is 1.52. The van der Waals surface area contributed by atoms with Crippen LogP contribution in [0.2, 0.25) is 0 Å². The zero-order chi connectivity index (χ0) is 14.5. The van der Waals surface area contributed by atoms with E-state index in [1.165, 1.54) is 11.8 Å². The smallest absolute Gasteiger partial charge is 0.219 e. The average molecular weight is 292 g/mol. The highest BCUT2D eigenvalue weighted by Crippen LogP contribution is 2.25. The van der Waals surface area contributed by atoms with Crippen LogP contribution in [0, 0.1) is 0 Å². The maximum atomic E-state index is 11.0. The summed E-state index contributed by atoms with van der Waals surface area (Å²) in [5, 5.41) is 9.00. The summed E-state index contributed by atoms with van der Waals surface area (Å²) in [6, 6.07) is 3.58. The Kier molecular flexibility index (Phi) is 4.62. The lowest BCUT2D eigenvalue weighted by Gasteiger charge is -2.07. The summed E-state index contributed by atoms with van der Waals surface area (Å²) in [5.41, 5.74) is 6.25. The first-order valence-corrected chi connectivity index (χ1v) is 7.09. The van der Waals surface area contributed by atoms with Crippen molar-refractivity contribution in [2.75, 3.05) is 5.75 Å². The molecular weight excluding hydrogens is 276 g/mol. The molecule has 6 nitrogen and oxygen atoms in total. The van der Waals surface area contributed by atoms with Crippen LogP contribution in [0.15, 0.2) is 40.1 Å². The van der Waals surface area contributed by atoms with Crippen molar-refractivity contribution in [2.24, 2.45) is 5.73 Å². The van der Waals surface area contributed by atoms with E-state index in [0.29, 0.717) is 18.1 Å². The monoisotopic (exact) mass is 292 g/mol. The number of nitrogens with zero attached hydrogens (tertiary/aromatic N) is 3. The van der Waals surface area contributed by atoms with E-state index >= 15 is 0 Å². The fourth-order valence-electron chi connectivity index (χ4n) is 1.59. The maximum Gasteiger partial charge on any atom is 0.219 e. The third kappa shape index (κ3) is 3.51. The standard InChI is InChI=1S/C13H16N4O2S/c1-9(2)8-20-13-16-15-12(10-4-3-7-19-10)17(13)6-5-11(14)18/h3-4,7H,1,5-6,8H2,2H3,(H2,14,18). The lowest BCUT2D eigenvalue weighted by Crippen LogP contribution is -2.15. The van der Waals surface area contributed by atoms with E-state index in [-0.39, 0.29) is 12.3 Å². The van der Waals surface area contributed by atoms with E-state index in [9.17, 15) is 4.79 Å². The second-order valence-corrected chi connectivity index (χ2v) is 5.34. The van der Waals surface area contributed by atoms with Gasteiger partial charge in [0.2, 0.25) is 5.91 Å². The van der Waals surface area contributed by atoms with E-state index in [1.54, 1.807) is 18.4 Å². The Balaban J connectivity index is 2.27. The number of carbonyl (C=O) groups excluding carboxylic acids is 1. The Morgan fingerprint density at radius 1 is 1.55 bits per heavy atom. The molecule has 0 atom stereocenters. The molecule has 0 bridgehead atoms. The van der Waals surface area contributed by atoms with Crippen LogP contribution in [0.4, 0.5) is 0 Å². The van der Waals surface area contributed by atoms with Crippen molar-refractivity contribution < 1.29 is 9.21 Å². The quantitative estimate of drug-likeness (QED) is 0.623. The lowest BCUT2D eigenvalue weighted by molar-refractivity contribution is -0.118. The van der Waals surface area contributed by atoms with Gasteiger partial charge in [-0.1, -0.05) is 23.9 Å². The molecule has 2 N–H and O–H groups in total. The molecule has 0 aliphatic rings. The highest BCUT2D eigenvalue weighted by atomic mass is 32.2. The predicted molar refractivity (Wildman–Crippen MR) is 77.1 cm³/mol. The number of aromatic nitrogens is 3. The Morgan fingerprint density at radius 2 is 2.35 bits per heavy atom. The SMILES string of the molecule is C=C(C)CSc1nnc(-c2ccco2)n1CCC(N)=O. The van der Waals surface area contributed by atoms with Crippen molar-refractivity contribution in [2.45, 2.75) is 25.0 Å². The molecule has 0 aliphatic carbocycles. The second-order valence-electron chi connectivity index (χ2n) is 4.40. The van der Waals surface area contributed by atoms with Gasteiger partial charge >= 0.3 is 0 Å². The second kappa shape index (κ2) is 6.42. The summed E-state index contributed by atoms with van der Waals surface area (Å²) in [6.45, 7) is 6.24. The van der Waals surface area contributed by atoms with E-state index in [1.807, 2.05) is 11.5 Å². The highest BCUT2D eigenvalue weighted by Gasteiger charge is 2.16. The number of primary amides is 1. The van der Waals surface area contributed by atoms with Crippen LogP contribution in [0.1, 0.15) is 13.3 Å². The highest BCUT2D eigenvalue weighted by molar-refractivity contribution is 7.99. The molecule has 106 valence electrons. The van der Waals surface area contributed by atoms with E-state index < -0.39 is 0 Å². The Bertz CT molecular complexity index is 604. The predicted octanol–water partition coefficient (Wildman–Crippen LogP) is 2.08. The molecule has 0 fully saturated rings. The molecule has 0 saturated heterocycles. The Hall–Kier alpha value is -2.02. The maximum absolute atomic E-state index is 11.0. The number of amides is 1. The number of hydrogen-bond acceptors (Lipinski definition) is 5. The molecule has 0 unspecified atom stereocenters. The molecule has 2 aromatic heterocycles. The van der Waals surface area contributed by atoms with E-state index in [2.05, 4.69) is 16.8 Å². The number of hydrogen-bond donors (Lipinski definition) is 1. The first-order chi connectivity index (χ1) is 9.58. The molecule has 1 amide bonds. The van der Waals surface area contributed by atoms with Crippen LogP contribution in [-0.2, 0) is 11.3 Å². The van der Waals surface area contributed by atoms with Crippen molar-refractivity contribution in [1.82, 2.24) is 14.8 Å².